The maximum absolute atomic E-state index is 14.3. The van der Waals surface area contributed by atoms with Gasteiger partial charge in [0.05, 0.1) is 12.0 Å². The van der Waals surface area contributed by atoms with Gasteiger partial charge in [0.2, 0.25) is 0 Å². The predicted octanol–water partition coefficient (Wildman–Crippen LogP) is 3.40. The summed E-state index contributed by atoms with van der Waals surface area (Å²) >= 11 is 0. The minimum absolute atomic E-state index is 0.0386. The van der Waals surface area contributed by atoms with E-state index in [1.54, 1.807) is 0 Å². The van der Waals surface area contributed by atoms with Crippen molar-refractivity contribution >= 4 is 5.97 Å². The lowest BCUT2D eigenvalue weighted by Gasteiger charge is -2.34. The topological polar surface area (TPSA) is 46.5 Å². The molecule has 2 rings (SSSR count). The molecule has 0 unspecified atom stereocenters. The number of ether oxygens (including phenoxy) is 1. The van der Waals surface area contributed by atoms with Crippen LogP contribution in [0.3, 0.4) is 0 Å². The molecule has 0 aliphatic heterocycles. The summed E-state index contributed by atoms with van der Waals surface area (Å²) in [5.41, 5.74) is -1.23. The minimum atomic E-state index is -1.30. The first-order valence-electron chi connectivity index (χ1n) is 6.72. The zero-order valence-corrected chi connectivity index (χ0v) is 11.4. The highest BCUT2D eigenvalue weighted by Crippen LogP contribution is 2.41. The lowest BCUT2D eigenvalue weighted by atomic mass is 9.69. The van der Waals surface area contributed by atoms with Crippen LogP contribution in [0.15, 0.2) is 12.1 Å². The average Bonchev–Trinajstić information content (AvgIpc) is 2.43. The Hall–Kier alpha value is -1.49. The Morgan fingerprint density at radius 1 is 1.25 bits per heavy atom. The smallest absolute Gasteiger partial charge is 0.314 e. The molecule has 0 atom stereocenters. The second-order valence-electron chi connectivity index (χ2n) is 5.30. The van der Waals surface area contributed by atoms with Crippen LogP contribution in [0.4, 0.5) is 8.78 Å². The summed E-state index contributed by atoms with van der Waals surface area (Å²) in [5.74, 6) is -2.35. The molecule has 1 aromatic carbocycles. The summed E-state index contributed by atoms with van der Waals surface area (Å²) in [5, 5.41) is 9.52. The number of aliphatic carboxylic acids is 1. The van der Waals surface area contributed by atoms with Gasteiger partial charge >= 0.3 is 5.97 Å². The normalized spacial score (nSPS) is 17.9. The Bertz CT molecular complexity index is 508. The van der Waals surface area contributed by atoms with Crippen molar-refractivity contribution < 1.29 is 23.4 Å². The Labute approximate surface area is 116 Å². The summed E-state index contributed by atoms with van der Waals surface area (Å²) < 4.78 is 33.0. The van der Waals surface area contributed by atoms with E-state index in [4.69, 9.17) is 4.74 Å². The zero-order chi connectivity index (χ0) is 14.8. The molecule has 0 amide bonds. The average molecular weight is 284 g/mol. The summed E-state index contributed by atoms with van der Waals surface area (Å²) in [6, 6.07) is 2.08. The summed E-state index contributed by atoms with van der Waals surface area (Å²) in [4.78, 5) is 11.6. The van der Waals surface area contributed by atoms with Crippen molar-refractivity contribution in [3.05, 3.63) is 34.9 Å². The van der Waals surface area contributed by atoms with Crippen molar-refractivity contribution in [3.63, 3.8) is 0 Å². The van der Waals surface area contributed by atoms with Crippen molar-refractivity contribution in [1.82, 2.24) is 0 Å². The van der Waals surface area contributed by atoms with Crippen LogP contribution >= 0.6 is 0 Å². The summed E-state index contributed by atoms with van der Waals surface area (Å²) in [6.07, 6.45) is 3.06. The third-order valence-electron chi connectivity index (χ3n) is 4.07. The molecular weight excluding hydrogens is 266 g/mol. The quantitative estimate of drug-likeness (QED) is 0.921. The minimum Gasteiger partial charge on any atom is -0.481 e. The van der Waals surface area contributed by atoms with Crippen molar-refractivity contribution in [3.8, 4) is 0 Å². The molecule has 1 fully saturated rings. The van der Waals surface area contributed by atoms with Crippen LogP contribution in [0.1, 0.15) is 43.2 Å². The molecule has 0 heterocycles. The van der Waals surface area contributed by atoms with Crippen LogP contribution < -0.4 is 0 Å². The van der Waals surface area contributed by atoms with Crippen LogP contribution in [-0.2, 0) is 21.6 Å². The van der Waals surface area contributed by atoms with E-state index in [1.165, 1.54) is 7.11 Å². The number of hydrogen-bond acceptors (Lipinski definition) is 2. The molecular formula is C15H18F2O3. The fraction of sp³-hybridized carbons (Fsp3) is 0.533. The first-order valence-corrected chi connectivity index (χ1v) is 6.72. The standard InChI is InChI=1S/C15H18F2O3/c1-20-9-10-7-13(17)11(8-12(10)16)15(14(18)19)5-3-2-4-6-15/h7-8H,2-6,9H2,1H3,(H,18,19). The maximum atomic E-state index is 14.3. The second kappa shape index (κ2) is 5.87. The van der Waals surface area contributed by atoms with Gasteiger partial charge in [-0.05, 0) is 25.0 Å². The van der Waals surface area contributed by atoms with Gasteiger partial charge in [0.1, 0.15) is 11.6 Å². The van der Waals surface area contributed by atoms with Gasteiger partial charge in [-0.2, -0.15) is 0 Å². The summed E-state index contributed by atoms with van der Waals surface area (Å²) in [6.45, 7) is -0.0386. The van der Waals surface area contributed by atoms with Gasteiger partial charge in [0.25, 0.3) is 0 Å². The van der Waals surface area contributed by atoms with Crippen molar-refractivity contribution in [2.24, 2.45) is 0 Å². The molecule has 1 aliphatic rings. The number of carbonyl (C=O) groups is 1. The lowest BCUT2D eigenvalue weighted by Crippen LogP contribution is -2.38. The molecule has 0 spiro atoms. The van der Waals surface area contributed by atoms with E-state index < -0.39 is 23.0 Å². The first-order chi connectivity index (χ1) is 9.51. The number of benzene rings is 1. The molecule has 1 saturated carbocycles. The van der Waals surface area contributed by atoms with Gasteiger partial charge in [0.15, 0.2) is 0 Å². The molecule has 20 heavy (non-hydrogen) atoms. The van der Waals surface area contributed by atoms with Crippen LogP contribution in [0.5, 0.6) is 0 Å². The summed E-state index contributed by atoms with van der Waals surface area (Å²) in [7, 11) is 1.39. The van der Waals surface area contributed by atoms with E-state index in [0.29, 0.717) is 25.7 Å². The third-order valence-corrected chi connectivity index (χ3v) is 4.07. The second-order valence-corrected chi connectivity index (χ2v) is 5.30. The fourth-order valence-corrected chi connectivity index (χ4v) is 2.97. The molecule has 0 radical (unpaired) electrons. The largest absolute Gasteiger partial charge is 0.481 e. The van der Waals surface area contributed by atoms with Crippen LogP contribution in [0.25, 0.3) is 0 Å². The van der Waals surface area contributed by atoms with Gasteiger partial charge < -0.3 is 9.84 Å². The van der Waals surface area contributed by atoms with E-state index in [9.17, 15) is 18.7 Å². The van der Waals surface area contributed by atoms with Crippen LogP contribution in [0, 0.1) is 11.6 Å². The Morgan fingerprint density at radius 3 is 2.45 bits per heavy atom. The van der Waals surface area contributed by atoms with Gasteiger partial charge in [-0.1, -0.05) is 19.3 Å². The van der Waals surface area contributed by atoms with Crippen molar-refractivity contribution in [1.29, 1.82) is 0 Å². The SMILES string of the molecule is COCc1cc(F)c(C2(C(=O)O)CCCCC2)cc1F. The molecule has 5 heteroatoms. The number of rotatable bonds is 4. The Balaban J connectivity index is 2.49. The van der Waals surface area contributed by atoms with E-state index in [0.717, 1.165) is 18.6 Å². The van der Waals surface area contributed by atoms with E-state index in [1.807, 2.05) is 0 Å². The molecule has 0 aromatic heterocycles. The molecule has 1 aliphatic carbocycles. The number of hydrogen-bond donors (Lipinski definition) is 1. The van der Waals surface area contributed by atoms with E-state index in [2.05, 4.69) is 0 Å². The molecule has 110 valence electrons. The predicted molar refractivity (Wildman–Crippen MR) is 69.5 cm³/mol. The third kappa shape index (κ3) is 2.54. The molecule has 0 bridgehead atoms. The first kappa shape index (κ1) is 14.9. The Kier molecular flexibility index (Phi) is 4.38. The molecule has 1 aromatic rings. The van der Waals surface area contributed by atoms with Gasteiger partial charge in [0, 0.05) is 18.2 Å². The van der Waals surface area contributed by atoms with E-state index >= 15 is 0 Å². The molecule has 3 nitrogen and oxygen atoms in total. The maximum Gasteiger partial charge on any atom is 0.314 e. The number of methoxy groups -OCH3 is 1. The van der Waals surface area contributed by atoms with Crippen molar-refractivity contribution in [2.45, 2.75) is 44.1 Å². The highest BCUT2D eigenvalue weighted by Gasteiger charge is 2.43. The van der Waals surface area contributed by atoms with Crippen LogP contribution in [-0.4, -0.2) is 18.2 Å². The number of halogens is 2. The number of carboxylic acids is 1. The van der Waals surface area contributed by atoms with Gasteiger partial charge in [-0.15, -0.1) is 0 Å². The fourth-order valence-electron chi connectivity index (χ4n) is 2.97. The van der Waals surface area contributed by atoms with Crippen LogP contribution in [0.2, 0.25) is 0 Å². The highest BCUT2D eigenvalue weighted by molar-refractivity contribution is 5.81. The lowest BCUT2D eigenvalue weighted by molar-refractivity contribution is -0.145. The molecule has 0 saturated heterocycles. The van der Waals surface area contributed by atoms with Gasteiger partial charge in [-0.25, -0.2) is 8.78 Å². The monoisotopic (exact) mass is 284 g/mol. The highest BCUT2D eigenvalue weighted by atomic mass is 19.1. The Morgan fingerprint density at radius 2 is 1.90 bits per heavy atom. The van der Waals surface area contributed by atoms with E-state index in [-0.39, 0.29) is 17.7 Å². The van der Waals surface area contributed by atoms with Crippen molar-refractivity contribution in [2.75, 3.05) is 7.11 Å². The number of carboxylic acid groups (broad SMARTS) is 1. The van der Waals surface area contributed by atoms with Gasteiger partial charge in [-0.3, -0.25) is 4.79 Å². The zero-order valence-electron chi connectivity index (χ0n) is 11.4. The molecule has 1 N–H and O–H groups in total.